The number of nitrogen functional groups attached to an aromatic ring is 1. The standard InChI is InChI=1S/C17H19N5O/c1-11-3-4-15-14(5-11)16(23)6-13(21-15)10-22(2)9-12-7-19-17(18)20-8-12/h3-8H,9-10H2,1-2H3,(H,21,23)(H2,18,19,20). The average molecular weight is 309 g/mol. The number of H-pyrrole nitrogens is 1. The van der Waals surface area contributed by atoms with Gasteiger partial charge < -0.3 is 10.7 Å². The van der Waals surface area contributed by atoms with E-state index in [0.29, 0.717) is 13.1 Å². The van der Waals surface area contributed by atoms with Gasteiger partial charge in [-0.1, -0.05) is 11.6 Å². The molecule has 118 valence electrons. The van der Waals surface area contributed by atoms with E-state index < -0.39 is 0 Å². The van der Waals surface area contributed by atoms with Gasteiger partial charge in [0.25, 0.3) is 0 Å². The lowest BCUT2D eigenvalue weighted by Crippen LogP contribution is -2.19. The third-order valence-electron chi connectivity index (χ3n) is 3.66. The fourth-order valence-corrected chi connectivity index (χ4v) is 2.61. The van der Waals surface area contributed by atoms with Crippen LogP contribution in [0.25, 0.3) is 10.9 Å². The first-order chi connectivity index (χ1) is 11.0. The first-order valence-electron chi connectivity index (χ1n) is 7.39. The predicted molar refractivity (Wildman–Crippen MR) is 90.9 cm³/mol. The normalized spacial score (nSPS) is 11.3. The zero-order valence-corrected chi connectivity index (χ0v) is 13.2. The molecule has 0 saturated carbocycles. The topological polar surface area (TPSA) is 87.9 Å². The van der Waals surface area contributed by atoms with Crippen LogP contribution in [-0.2, 0) is 13.1 Å². The summed E-state index contributed by atoms with van der Waals surface area (Å²) in [7, 11) is 1.98. The fourth-order valence-electron chi connectivity index (χ4n) is 2.61. The molecule has 0 aliphatic heterocycles. The molecule has 3 aromatic rings. The van der Waals surface area contributed by atoms with E-state index in [1.165, 1.54) is 0 Å². The second-order valence-corrected chi connectivity index (χ2v) is 5.83. The van der Waals surface area contributed by atoms with Crippen LogP contribution in [0.15, 0.2) is 41.5 Å². The largest absolute Gasteiger partial charge is 0.368 e. The summed E-state index contributed by atoms with van der Waals surface area (Å²) < 4.78 is 0. The Hall–Kier alpha value is -2.73. The molecule has 0 spiro atoms. The number of aromatic amines is 1. The highest BCUT2D eigenvalue weighted by molar-refractivity contribution is 5.79. The van der Waals surface area contributed by atoms with Crippen molar-refractivity contribution >= 4 is 16.9 Å². The number of hydrogen-bond donors (Lipinski definition) is 2. The van der Waals surface area contributed by atoms with Gasteiger partial charge >= 0.3 is 0 Å². The Morgan fingerprint density at radius 3 is 2.65 bits per heavy atom. The maximum Gasteiger partial charge on any atom is 0.219 e. The molecule has 0 radical (unpaired) electrons. The predicted octanol–water partition coefficient (Wildman–Crippen LogP) is 1.84. The van der Waals surface area contributed by atoms with Crippen molar-refractivity contribution in [2.24, 2.45) is 0 Å². The highest BCUT2D eigenvalue weighted by Gasteiger charge is 2.07. The van der Waals surface area contributed by atoms with E-state index >= 15 is 0 Å². The molecule has 1 aromatic carbocycles. The number of pyridine rings is 1. The lowest BCUT2D eigenvalue weighted by molar-refractivity contribution is 0.314. The van der Waals surface area contributed by atoms with E-state index in [-0.39, 0.29) is 11.4 Å². The van der Waals surface area contributed by atoms with Crippen molar-refractivity contribution in [1.29, 1.82) is 0 Å². The van der Waals surface area contributed by atoms with Crippen LogP contribution in [0, 0.1) is 6.92 Å². The number of benzene rings is 1. The monoisotopic (exact) mass is 309 g/mol. The van der Waals surface area contributed by atoms with Gasteiger partial charge in [0.15, 0.2) is 5.43 Å². The van der Waals surface area contributed by atoms with E-state index in [0.717, 1.165) is 27.7 Å². The highest BCUT2D eigenvalue weighted by Crippen LogP contribution is 2.12. The van der Waals surface area contributed by atoms with Gasteiger partial charge in [0, 0.05) is 53.7 Å². The van der Waals surface area contributed by atoms with Crippen LogP contribution in [-0.4, -0.2) is 26.9 Å². The summed E-state index contributed by atoms with van der Waals surface area (Å²) in [5, 5.41) is 0.725. The van der Waals surface area contributed by atoms with Crippen LogP contribution in [0.4, 0.5) is 5.95 Å². The molecular formula is C17H19N5O. The molecule has 0 bridgehead atoms. The van der Waals surface area contributed by atoms with Crippen LogP contribution < -0.4 is 11.2 Å². The minimum absolute atomic E-state index is 0.0432. The number of aryl methyl sites for hydroxylation is 1. The molecule has 23 heavy (non-hydrogen) atoms. The van der Waals surface area contributed by atoms with Crippen LogP contribution in [0.2, 0.25) is 0 Å². The van der Waals surface area contributed by atoms with Crippen molar-refractivity contribution < 1.29 is 0 Å². The zero-order valence-electron chi connectivity index (χ0n) is 13.2. The van der Waals surface area contributed by atoms with Crippen LogP contribution >= 0.6 is 0 Å². The van der Waals surface area contributed by atoms with Gasteiger partial charge in [-0.2, -0.15) is 0 Å². The van der Waals surface area contributed by atoms with Crippen molar-refractivity contribution in [2.75, 3.05) is 12.8 Å². The fraction of sp³-hybridized carbons (Fsp3) is 0.235. The summed E-state index contributed by atoms with van der Waals surface area (Å²) >= 11 is 0. The summed E-state index contributed by atoms with van der Waals surface area (Å²) in [5.74, 6) is 0.269. The van der Waals surface area contributed by atoms with Crippen molar-refractivity contribution in [3.05, 3.63) is 63.7 Å². The van der Waals surface area contributed by atoms with Crippen LogP contribution in [0.3, 0.4) is 0 Å². The minimum Gasteiger partial charge on any atom is -0.368 e. The Morgan fingerprint density at radius 2 is 1.91 bits per heavy atom. The maximum atomic E-state index is 12.3. The molecule has 3 rings (SSSR count). The van der Waals surface area contributed by atoms with Gasteiger partial charge in [-0.05, 0) is 26.1 Å². The second kappa shape index (κ2) is 6.18. The Kier molecular flexibility index (Phi) is 4.08. The first kappa shape index (κ1) is 15.2. The summed E-state index contributed by atoms with van der Waals surface area (Å²) in [5.41, 5.74) is 9.32. The van der Waals surface area contributed by atoms with Crippen molar-refractivity contribution in [3.63, 3.8) is 0 Å². The average Bonchev–Trinajstić information content (AvgIpc) is 2.50. The Balaban J connectivity index is 1.79. The Morgan fingerprint density at radius 1 is 1.17 bits per heavy atom. The lowest BCUT2D eigenvalue weighted by Gasteiger charge is -2.16. The van der Waals surface area contributed by atoms with E-state index in [1.807, 2.05) is 32.2 Å². The van der Waals surface area contributed by atoms with E-state index in [9.17, 15) is 4.79 Å². The highest BCUT2D eigenvalue weighted by atomic mass is 16.1. The number of nitrogens with two attached hydrogens (primary N) is 1. The van der Waals surface area contributed by atoms with Gasteiger partial charge in [0.2, 0.25) is 5.95 Å². The van der Waals surface area contributed by atoms with Crippen LogP contribution in [0.1, 0.15) is 16.8 Å². The molecule has 0 fully saturated rings. The number of aromatic nitrogens is 3. The molecule has 6 nitrogen and oxygen atoms in total. The maximum absolute atomic E-state index is 12.3. The molecule has 6 heteroatoms. The molecule has 0 atom stereocenters. The number of hydrogen-bond acceptors (Lipinski definition) is 5. The minimum atomic E-state index is 0.0432. The molecule has 0 aliphatic carbocycles. The smallest absolute Gasteiger partial charge is 0.219 e. The molecular weight excluding hydrogens is 290 g/mol. The summed E-state index contributed by atoms with van der Waals surface area (Å²) in [6, 6.07) is 7.52. The molecule has 2 aromatic heterocycles. The SMILES string of the molecule is Cc1ccc2[nH]c(CN(C)Cc3cnc(N)nc3)cc(=O)c2c1. The van der Waals surface area contributed by atoms with Gasteiger partial charge in [-0.3, -0.25) is 9.69 Å². The summed E-state index contributed by atoms with van der Waals surface area (Å²) in [4.78, 5) is 25.6. The Bertz CT molecular complexity index is 886. The number of anilines is 1. The van der Waals surface area contributed by atoms with Crippen molar-refractivity contribution in [2.45, 2.75) is 20.0 Å². The van der Waals surface area contributed by atoms with Gasteiger partial charge in [0.1, 0.15) is 0 Å². The molecule has 0 aliphatic rings. The van der Waals surface area contributed by atoms with E-state index in [2.05, 4.69) is 19.9 Å². The number of rotatable bonds is 4. The third kappa shape index (κ3) is 3.54. The van der Waals surface area contributed by atoms with Gasteiger partial charge in [0.05, 0.1) is 0 Å². The van der Waals surface area contributed by atoms with E-state index in [1.54, 1.807) is 18.5 Å². The summed E-state index contributed by atoms with van der Waals surface area (Å²) in [6.45, 7) is 3.28. The second-order valence-electron chi connectivity index (χ2n) is 5.83. The molecule has 0 unspecified atom stereocenters. The first-order valence-corrected chi connectivity index (χ1v) is 7.39. The molecule has 0 saturated heterocycles. The number of fused-ring (bicyclic) bond motifs is 1. The quantitative estimate of drug-likeness (QED) is 0.768. The summed E-state index contributed by atoms with van der Waals surface area (Å²) in [6.07, 6.45) is 3.43. The van der Waals surface area contributed by atoms with E-state index in [4.69, 9.17) is 5.73 Å². The molecule has 3 N–H and O–H groups in total. The van der Waals surface area contributed by atoms with Gasteiger partial charge in [-0.25, -0.2) is 9.97 Å². The molecule has 0 amide bonds. The van der Waals surface area contributed by atoms with Crippen molar-refractivity contribution in [1.82, 2.24) is 19.9 Å². The van der Waals surface area contributed by atoms with Crippen LogP contribution in [0.5, 0.6) is 0 Å². The Labute approximate surface area is 134 Å². The number of nitrogens with one attached hydrogen (secondary N) is 1. The molecule has 2 heterocycles. The zero-order chi connectivity index (χ0) is 16.4. The van der Waals surface area contributed by atoms with Gasteiger partial charge in [-0.15, -0.1) is 0 Å². The van der Waals surface area contributed by atoms with Crippen molar-refractivity contribution in [3.8, 4) is 0 Å². The number of nitrogens with zero attached hydrogens (tertiary/aromatic N) is 3. The lowest BCUT2D eigenvalue weighted by atomic mass is 10.1. The third-order valence-corrected chi connectivity index (χ3v) is 3.66.